The van der Waals surface area contributed by atoms with Gasteiger partial charge in [-0.1, -0.05) is 12.2 Å². The van der Waals surface area contributed by atoms with Gasteiger partial charge in [-0.25, -0.2) is 0 Å². The summed E-state index contributed by atoms with van der Waals surface area (Å²) in [5.74, 6) is 2.69. The lowest BCUT2D eigenvalue weighted by atomic mass is 10.00. The quantitative estimate of drug-likeness (QED) is 0.319. The van der Waals surface area contributed by atoms with Crippen molar-refractivity contribution in [2.45, 2.75) is 77.0 Å². The van der Waals surface area contributed by atoms with Crippen LogP contribution >= 0.6 is 0 Å². The number of rotatable bonds is 14. The second-order valence-electron chi connectivity index (χ2n) is 8.87. The Labute approximate surface area is 206 Å². The zero-order chi connectivity index (χ0) is 25.1. The van der Waals surface area contributed by atoms with Crippen molar-refractivity contribution in [2.75, 3.05) is 26.3 Å². The van der Waals surface area contributed by atoms with Crippen LogP contribution in [0.2, 0.25) is 0 Å². The molecule has 35 heavy (non-hydrogen) atoms. The van der Waals surface area contributed by atoms with E-state index >= 15 is 0 Å². The van der Waals surface area contributed by atoms with E-state index in [9.17, 15) is 9.59 Å². The van der Waals surface area contributed by atoms with Crippen molar-refractivity contribution in [1.82, 2.24) is 30.4 Å². The van der Waals surface area contributed by atoms with Crippen molar-refractivity contribution in [3.05, 3.63) is 18.0 Å². The van der Waals surface area contributed by atoms with Gasteiger partial charge in [0.1, 0.15) is 0 Å². The second kappa shape index (κ2) is 13.1. The van der Waals surface area contributed by atoms with Crippen molar-refractivity contribution < 1.29 is 14.3 Å². The second-order valence-corrected chi connectivity index (χ2v) is 8.87. The van der Waals surface area contributed by atoms with E-state index in [1.165, 1.54) is 4.80 Å². The van der Waals surface area contributed by atoms with Crippen molar-refractivity contribution >= 4 is 11.8 Å². The Morgan fingerprint density at radius 1 is 1.34 bits per heavy atom. The molecule has 1 aromatic rings. The van der Waals surface area contributed by atoms with Crippen LogP contribution in [0.4, 0.5) is 0 Å². The van der Waals surface area contributed by atoms with E-state index < -0.39 is 11.7 Å². The fourth-order valence-electron chi connectivity index (χ4n) is 4.07. The number of nitrogens with one attached hydrogen (secondary N) is 1. The van der Waals surface area contributed by atoms with Crippen LogP contribution in [0.5, 0.6) is 0 Å². The Bertz CT molecular complexity index is 939. The van der Waals surface area contributed by atoms with Crippen LogP contribution in [0.25, 0.3) is 0 Å². The molecule has 3 rings (SSSR count). The number of carbonyl (C=O) groups excluding carboxylic acids is 2. The van der Waals surface area contributed by atoms with Gasteiger partial charge in [-0.2, -0.15) is 15.0 Å². The number of aromatic nitrogens is 4. The lowest BCUT2D eigenvalue weighted by molar-refractivity contribution is -0.141. The number of carbonyl (C=O) groups is 2. The van der Waals surface area contributed by atoms with Crippen molar-refractivity contribution in [3.63, 3.8) is 0 Å². The van der Waals surface area contributed by atoms with E-state index in [1.54, 1.807) is 4.90 Å². The molecular formula is C24H36N8O3. The Hall–Kier alpha value is -3.13. The molecule has 190 valence electrons. The molecule has 0 aliphatic carbocycles. The number of aryl methyl sites for hydroxylation is 1. The van der Waals surface area contributed by atoms with Crippen LogP contribution in [0.15, 0.2) is 22.4 Å². The predicted molar refractivity (Wildman–Crippen MR) is 129 cm³/mol. The van der Waals surface area contributed by atoms with E-state index in [2.05, 4.69) is 36.9 Å². The van der Waals surface area contributed by atoms with Crippen LogP contribution in [-0.4, -0.2) is 68.9 Å². The molecule has 11 nitrogen and oxygen atoms in total. The van der Waals surface area contributed by atoms with E-state index in [0.717, 1.165) is 12.8 Å². The Kier molecular flexibility index (Phi) is 9.90. The molecule has 0 bridgehead atoms. The third-order valence-corrected chi connectivity index (χ3v) is 6.35. The van der Waals surface area contributed by atoms with Gasteiger partial charge in [-0.3, -0.25) is 9.59 Å². The van der Waals surface area contributed by atoms with Crippen LogP contribution in [0.1, 0.15) is 70.7 Å². The molecule has 3 heterocycles. The van der Waals surface area contributed by atoms with E-state index in [4.69, 9.17) is 11.2 Å². The minimum absolute atomic E-state index is 0.157. The molecule has 2 amide bonds. The number of hydrogen-bond acceptors (Lipinski definition) is 8. The fraction of sp³-hybridized carbons (Fsp3) is 0.708. The monoisotopic (exact) mass is 484 g/mol. The van der Waals surface area contributed by atoms with E-state index in [0.29, 0.717) is 57.9 Å². The molecule has 2 aliphatic heterocycles. The predicted octanol–water partition coefficient (Wildman–Crippen LogP) is 2.43. The molecule has 1 unspecified atom stereocenters. The molecule has 1 atom stereocenters. The number of hydrogen-bond donors (Lipinski definition) is 1. The first kappa shape index (κ1) is 26.5. The normalized spacial score (nSPS) is 17.7. The van der Waals surface area contributed by atoms with Crippen molar-refractivity contribution in [2.24, 2.45) is 16.1 Å². The van der Waals surface area contributed by atoms with Crippen molar-refractivity contribution in [1.29, 1.82) is 0 Å². The SMILES string of the molecule is C#CCCC1(CCN(C(=O)CC/C=C/C)C(C(=O)NCC2CCOCC2)c2nnn(CC)n2)N=N1. The first-order valence-corrected chi connectivity index (χ1v) is 12.4. The fourth-order valence-corrected chi connectivity index (χ4v) is 4.07. The highest BCUT2D eigenvalue weighted by Crippen LogP contribution is 2.37. The molecule has 0 spiro atoms. The van der Waals surface area contributed by atoms with Gasteiger partial charge >= 0.3 is 0 Å². The summed E-state index contributed by atoms with van der Waals surface area (Å²) in [6, 6.07) is -0.989. The summed E-state index contributed by atoms with van der Waals surface area (Å²) in [4.78, 5) is 29.9. The molecule has 0 radical (unpaired) electrons. The standard InChI is InChI=1S/C24H36N8O3/c1-4-7-9-10-20(33)31(15-14-24(28-29-24)13-8-5-2)21(22-26-30-32(6-3)27-22)23(34)25-18-19-11-16-35-17-12-19/h2,4,7,19,21H,6,8-18H2,1,3H3,(H,25,34)/b7-4+. The smallest absolute Gasteiger partial charge is 0.250 e. The summed E-state index contributed by atoms with van der Waals surface area (Å²) in [5, 5.41) is 24.0. The number of ether oxygens (including phenoxy) is 1. The minimum atomic E-state index is -0.989. The van der Waals surface area contributed by atoms with Gasteiger partial charge in [-0.05, 0) is 44.2 Å². The maximum Gasteiger partial charge on any atom is 0.250 e. The Morgan fingerprint density at radius 3 is 2.74 bits per heavy atom. The molecule has 11 heteroatoms. The topological polar surface area (TPSA) is 127 Å². The molecule has 0 saturated carbocycles. The van der Waals surface area contributed by atoms with Crippen LogP contribution in [0, 0.1) is 18.3 Å². The van der Waals surface area contributed by atoms with Gasteiger partial charge in [0.2, 0.25) is 11.7 Å². The van der Waals surface area contributed by atoms with Gasteiger partial charge in [-0.15, -0.1) is 22.5 Å². The summed E-state index contributed by atoms with van der Waals surface area (Å²) in [7, 11) is 0. The van der Waals surface area contributed by atoms with E-state index in [1.807, 2.05) is 26.0 Å². The summed E-state index contributed by atoms with van der Waals surface area (Å²) in [6.07, 6.45) is 13.5. The first-order chi connectivity index (χ1) is 17.0. The summed E-state index contributed by atoms with van der Waals surface area (Å²) in [5.41, 5.74) is -0.578. The molecular weight excluding hydrogens is 448 g/mol. The Balaban J connectivity index is 1.80. The van der Waals surface area contributed by atoms with Crippen LogP contribution in [-0.2, 0) is 20.9 Å². The highest BCUT2D eigenvalue weighted by atomic mass is 16.5. The number of allylic oxidation sites excluding steroid dienone is 2. The Morgan fingerprint density at radius 2 is 2.11 bits per heavy atom. The first-order valence-electron chi connectivity index (χ1n) is 12.4. The third kappa shape index (κ3) is 7.68. The number of amides is 2. The maximum atomic E-state index is 13.5. The van der Waals surface area contributed by atoms with E-state index in [-0.39, 0.29) is 30.6 Å². The van der Waals surface area contributed by atoms with Gasteiger partial charge in [0.05, 0.1) is 6.54 Å². The highest BCUT2D eigenvalue weighted by Gasteiger charge is 2.42. The molecule has 0 aromatic carbocycles. The lowest BCUT2D eigenvalue weighted by Crippen LogP contribution is -2.46. The van der Waals surface area contributed by atoms with Gasteiger partial charge < -0.3 is 15.0 Å². The minimum Gasteiger partial charge on any atom is -0.381 e. The lowest BCUT2D eigenvalue weighted by Gasteiger charge is -2.30. The zero-order valence-electron chi connectivity index (χ0n) is 20.7. The highest BCUT2D eigenvalue weighted by molar-refractivity contribution is 5.88. The average Bonchev–Trinajstić information content (AvgIpc) is 3.50. The van der Waals surface area contributed by atoms with Crippen LogP contribution < -0.4 is 5.32 Å². The molecule has 1 saturated heterocycles. The van der Waals surface area contributed by atoms with Crippen molar-refractivity contribution in [3.8, 4) is 12.3 Å². The van der Waals surface area contributed by atoms with Gasteiger partial charge in [0.25, 0.3) is 5.91 Å². The number of terminal acetylenes is 1. The largest absolute Gasteiger partial charge is 0.381 e. The molecule has 1 aromatic heterocycles. The van der Waals surface area contributed by atoms with Crippen LogP contribution in [0.3, 0.4) is 0 Å². The molecule has 2 aliphatic rings. The third-order valence-electron chi connectivity index (χ3n) is 6.35. The summed E-state index contributed by atoms with van der Waals surface area (Å²) < 4.78 is 5.42. The molecule has 1 fully saturated rings. The summed E-state index contributed by atoms with van der Waals surface area (Å²) in [6.45, 7) is 6.48. The van der Waals surface area contributed by atoms with Gasteiger partial charge in [0, 0.05) is 52.0 Å². The zero-order valence-corrected chi connectivity index (χ0v) is 20.7. The maximum absolute atomic E-state index is 13.5. The number of nitrogens with zero attached hydrogens (tertiary/aromatic N) is 7. The average molecular weight is 485 g/mol. The number of tetrazole rings is 1. The molecule has 1 N–H and O–H groups in total. The summed E-state index contributed by atoms with van der Waals surface area (Å²) >= 11 is 0. The van der Waals surface area contributed by atoms with Gasteiger partial charge in [0.15, 0.2) is 11.7 Å².